The molecule has 1 N–H and O–H groups in total. The first kappa shape index (κ1) is 13.3. The summed E-state index contributed by atoms with van der Waals surface area (Å²) in [6.45, 7) is 3.15. The minimum Gasteiger partial charge on any atom is -0.459 e. The molecule has 0 aliphatic carbocycles. The van der Waals surface area contributed by atoms with E-state index in [2.05, 4.69) is 17.3 Å². The molecule has 1 aliphatic rings. The van der Waals surface area contributed by atoms with Gasteiger partial charge in [-0.05, 0) is 25.2 Å². The monoisotopic (exact) mass is 298 g/mol. The summed E-state index contributed by atoms with van der Waals surface area (Å²) in [5.41, 5.74) is 0.727. The molecule has 102 valence electrons. The van der Waals surface area contributed by atoms with Crippen LogP contribution in [0.15, 0.2) is 22.6 Å². The third kappa shape index (κ3) is 2.90. The SMILES string of the molecule is CN1CCNC(Cc2cc3cc(Cl)cc(Cl)c3o2)C1. The number of halogens is 2. The lowest BCUT2D eigenvalue weighted by molar-refractivity contribution is 0.233. The van der Waals surface area contributed by atoms with E-state index in [1.165, 1.54) is 0 Å². The van der Waals surface area contributed by atoms with Crippen molar-refractivity contribution in [2.24, 2.45) is 0 Å². The third-order valence-corrected chi connectivity index (χ3v) is 3.99. The molecule has 1 aromatic carbocycles. The molecule has 1 aliphatic heterocycles. The van der Waals surface area contributed by atoms with E-state index in [9.17, 15) is 0 Å². The Balaban J connectivity index is 1.83. The lowest BCUT2D eigenvalue weighted by Crippen LogP contribution is -2.49. The van der Waals surface area contributed by atoms with Gasteiger partial charge < -0.3 is 14.6 Å². The fourth-order valence-electron chi connectivity index (χ4n) is 2.60. The number of benzene rings is 1. The summed E-state index contributed by atoms with van der Waals surface area (Å²) in [4.78, 5) is 2.33. The lowest BCUT2D eigenvalue weighted by Gasteiger charge is -2.30. The zero-order valence-corrected chi connectivity index (χ0v) is 12.3. The van der Waals surface area contributed by atoms with Crippen molar-refractivity contribution in [1.82, 2.24) is 10.2 Å². The fourth-order valence-corrected chi connectivity index (χ4v) is 3.15. The quantitative estimate of drug-likeness (QED) is 0.923. The first-order valence-corrected chi connectivity index (χ1v) is 7.17. The van der Waals surface area contributed by atoms with Gasteiger partial charge in [-0.1, -0.05) is 23.2 Å². The molecule has 1 atom stereocenters. The zero-order valence-electron chi connectivity index (χ0n) is 10.7. The molecule has 0 amide bonds. The van der Waals surface area contributed by atoms with E-state index >= 15 is 0 Å². The highest BCUT2D eigenvalue weighted by Crippen LogP contribution is 2.30. The van der Waals surface area contributed by atoms with Crippen LogP contribution in [0, 0.1) is 0 Å². The van der Waals surface area contributed by atoms with Crippen LogP contribution in [0.2, 0.25) is 10.0 Å². The average molecular weight is 299 g/mol. The predicted molar refractivity (Wildman–Crippen MR) is 79.2 cm³/mol. The fraction of sp³-hybridized carbons (Fsp3) is 0.429. The topological polar surface area (TPSA) is 28.4 Å². The molecule has 2 heterocycles. The molecule has 0 saturated carbocycles. The van der Waals surface area contributed by atoms with Crippen LogP contribution >= 0.6 is 23.2 Å². The molecule has 1 saturated heterocycles. The van der Waals surface area contributed by atoms with E-state index in [0.717, 1.165) is 42.8 Å². The van der Waals surface area contributed by atoms with Crippen LogP contribution in [0.1, 0.15) is 5.76 Å². The zero-order chi connectivity index (χ0) is 13.4. The van der Waals surface area contributed by atoms with Gasteiger partial charge in [0.15, 0.2) is 5.58 Å². The Morgan fingerprint density at radius 3 is 3.00 bits per heavy atom. The Morgan fingerprint density at radius 2 is 2.21 bits per heavy atom. The summed E-state index contributed by atoms with van der Waals surface area (Å²) in [5, 5.41) is 5.69. The standard InChI is InChI=1S/C14H16Cl2N2O/c1-18-3-2-17-11(8-18)7-12-5-9-4-10(15)6-13(16)14(9)19-12/h4-6,11,17H,2-3,7-8H2,1H3. The van der Waals surface area contributed by atoms with E-state index in [1.54, 1.807) is 6.07 Å². The van der Waals surface area contributed by atoms with Crippen molar-refractivity contribution in [2.75, 3.05) is 26.7 Å². The number of piperazine rings is 1. The number of furan rings is 1. The molecule has 1 unspecified atom stereocenters. The van der Waals surface area contributed by atoms with Crippen molar-refractivity contribution < 1.29 is 4.42 Å². The molecule has 0 radical (unpaired) electrons. The number of likely N-dealkylation sites (N-methyl/N-ethyl adjacent to an activating group) is 1. The molecule has 0 spiro atoms. The summed E-state index contributed by atoms with van der Waals surface area (Å²) in [6, 6.07) is 6.05. The van der Waals surface area contributed by atoms with Crippen LogP contribution < -0.4 is 5.32 Å². The van der Waals surface area contributed by atoms with Crippen molar-refractivity contribution in [2.45, 2.75) is 12.5 Å². The molecular weight excluding hydrogens is 283 g/mol. The number of nitrogens with zero attached hydrogens (tertiary/aromatic N) is 1. The van der Waals surface area contributed by atoms with Gasteiger partial charge in [0, 0.05) is 42.5 Å². The van der Waals surface area contributed by atoms with Crippen molar-refractivity contribution in [3.63, 3.8) is 0 Å². The maximum atomic E-state index is 6.14. The van der Waals surface area contributed by atoms with Crippen molar-refractivity contribution in [3.05, 3.63) is 34.0 Å². The van der Waals surface area contributed by atoms with E-state index < -0.39 is 0 Å². The number of hydrogen-bond donors (Lipinski definition) is 1. The maximum Gasteiger partial charge on any atom is 0.152 e. The highest BCUT2D eigenvalue weighted by molar-refractivity contribution is 6.38. The third-order valence-electron chi connectivity index (χ3n) is 3.49. The number of rotatable bonds is 2. The van der Waals surface area contributed by atoms with Gasteiger partial charge in [-0.15, -0.1) is 0 Å². The average Bonchev–Trinajstić information content (AvgIpc) is 2.71. The largest absolute Gasteiger partial charge is 0.459 e. The molecule has 0 bridgehead atoms. The highest BCUT2D eigenvalue weighted by atomic mass is 35.5. The van der Waals surface area contributed by atoms with Crippen LogP contribution in [0.25, 0.3) is 11.0 Å². The van der Waals surface area contributed by atoms with Gasteiger partial charge in [0.25, 0.3) is 0 Å². The van der Waals surface area contributed by atoms with Gasteiger partial charge in [0.05, 0.1) is 5.02 Å². The first-order chi connectivity index (χ1) is 9.11. The smallest absolute Gasteiger partial charge is 0.152 e. The molecule has 1 fully saturated rings. The van der Waals surface area contributed by atoms with E-state index in [-0.39, 0.29) is 0 Å². The van der Waals surface area contributed by atoms with Crippen LogP contribution in [0.5, 0.6) is 0 Å². The van der Waals surface area contributed by atoms with Crippen molar-refractivity contribution >= 4 is 34.2 Å². The second-order valence-corrected chi connectivity index (χ2v) is 5.98. The van der Waals surface area contributed by atoms with Crippen molar-refractivity contribution in [3.8, 4) is 0 Å². The Labute approximate surface area is 122 Å². The van der Waals surface area contributed by atoms with Crippen LogP contribution in [0.4, 0.5) is 0 Å². The highest BCUT2D eigenvalue weighted by Gasteiger charge is 2.19. The molecule has 1 aromatic heterocycles. The van der Waals surface area contributed by atoms with Crippen LogP contribution in [0.3, 0.4) is 0 Å². The summed E-state index contributed by atoms with van der Waals surface area (Å²) >= 11 is 12.1. The number of nitrogens with one attached hydrogen (secondary N) is 1. The van der Waals surface area contributed by atoms with Gasteiger partial charge in [-0.3, -0.25) is 0 Å². The minimum atomic E-state index is 0.425. The molecule has 5 heteroatoms. The van der Waals surface area contributed by atoms with Gasteiger partial charge >= 0.3 is 0 Å². The molecule has 3 rings (SSSR count). The van der Waals surface area contributed by atoms with E-state index in [0.29, 0.717) is 16.1 Å². The van der Waals surface area contributed by atoms with E-state index in [4.69, 9.17) is 27.6 Å². The normalized spacial score (nSPS) is 21.1. The Bertz CT molecular complexity index is 596. The summed E-state index contributed by atoms with van der Waals surface area (Å²) in [6.07, 6.45) is 0.868. The van der Waals surface area contributed by atoms with Gasteiger partial charge in [0.2, 0.25) is 0 Å². The Kier molecular flexibility index (Phi) is 3.72. The summed E-state index contributed by atoms with van der Waals surface area (Å²) < 4.78 is 5.84. The number of hydrogen-bond acceptors (Lipinski definition) is 3. The first-order valence-electron chi connectivity index (χ1n) is 6.41. The van der Waals surface area contributed by atoms with Crippen molar-refractivity contribution in [1.29, 1.82) is 0 Å². The second-order valence-electron chi connectivity index (χ2n) is 5.14. The van der Waals surface area contributed by atoms with E-state index in [1.807, 2.05) is 12.1 Å². The Hall–Kier alpha value is -0.740. The second kappa shape index (κ2) is 5.33. The number of fused-ring (bicyclic) bond motifs is 1. The summed E-state index contributed by atoms with van der Waals surface area (Å²) in [7, 11) is 2.14. The van der Waals surface area contributed by atoms with Crippen LogP contribution in [-0.2, 0) is 6.42 Å². The molecule has 19 heavy (non-hydrogen) atoms. The van der Waals surface area contributed by atoms with Gasteiger partial charge in [-0.25, -0.2) is 0 Å². The predicted octanol–water partition coefficient (Wildman–Crippen LogP) is 3.19. The Morgan fingerprint density at radius 1 is 1.37 bits per heavy atom. The lowest BCUT2D eigenvalue weighted by atomic mass is 10.1. The van der Waals surface area contributed by atoms with Crippen LogP contribution in [-0.4, -0.2) is 37.6 Å². The van der Waals surface area contributed by atoms with Gasteiger partial charge in [0.1, 0.15) is 5.76 Å². The summed E-state index contributed by atoms with van der Waals surface area (Å²) in [5.74, 6) is 0.951. The minimum absolute atomic E-state index is 0.425. The molecular formula is C14H16Cl2N2O. The maximum absolute atomic E-state index is 6.14. The van der Waals surface area contributed by atoms with Gasteiger partial charge in [-0.2, -0.15) is 0 Å². The molecule has 2 aromatic rings. The molecule has 3 nitrogen and oxygen atoms in total.